The Morgan fingerprint density at radius 3 is 1.33 bits per heavy atom. The zero-order chi connectivity index (χ0) is 40.6. The Balaban J connectivity index is 6.15. The van der Waals surface area contributed by atoms with E-state index in [-0.39, 0.29) is 0 Å². The third-order valence-corrected chi connectivity index (χ3v) is 7.57. The van der Waals surface area contributed by atoms with Crippen molar-refractivity contribution < 1.29 is 117 Å². The quantitative estimate of drug-likeness (QED) is 0.0775. The lowest BCUT2D eigenvalue weighted by Crippen LogP contribution is -2.54. The SMILES string of the molecule is COS(=O)(=O)C(C(=O)OC(C)COCC(F)(F)C(F)(F)C(F)(F)F)C(CC(=O)OC(C)CO)C(=O)OC(C)COCC(F)(F)C(F)(F)C(F)(F)F. The van der Waals surface area contributed by atoms with Crippen LogP contribution in [0.15, 0.2) is 0 Å². The second kappa shape index (κ2) is 17.8. The fourth-order valence-corrected chi connectivity index (χ4v) is 4.42. The summed E-state index contributed by atoms with van der Waals surface area (Å²) in [5, 5.41) is 6.02. The molecule has 51 heavy (non-hydrogen) atoms. The molecule has 0 amide bonds. The molecule has 0 saturated carbocycles. The number of halogens is 14. The second-order valence-electron chi connectivity index (χ2n) is 10.5. The van der Waals surface area contributed by atoms with Crippen LogP contribution in [0.25, 0.3) is 0 Å². The summed E-state index contributed by atoms with van der Waals surface area (Å²) in [7, 11) is -5.07. The van der Waals surface area contributed by atoms with E-state index in [9.17, 15) is 84.3 Å². The van der Waals surface area contributed by atoms with Crippen molar-refractivity contribution in [3.8, 4) is 0 Å². The Bertz CT molecular complexity index is 1270. The molecule has 27 heteroatoms. The summed E-state index contributed by atoms with van der Waals surface area (Å²) in [5.74, 6) is -33.2. The normalized spacial score (nSPS) is 16.8. The van der Waals surface area contributed by atoms with Gasteiger partial charge in [0.1, 0.15) is 31.5 Å². The van der Waals surface area contributed by atoms with Crippen molar-refractivity contribution in [1.29, 1.82) is 0 Å². The van der Waals surface area contributed by atoms with Crippen molar-refractivity contribution in [2.75, 3.05) is 40.1 Å². The molecule has 0 fully saturated rings. The van der Waals surface area contributed by atoms with Gasteiger partial charge in [0.25, 0.3) is 10.1 Å². The predicted molar refractivity (Wildman–Crippen MR) is 135 cm³/mol. The number of aliphatic hydroxyl groups is 1. The van der Waals surface area contributed by atoms with E-state index in [0.29, 0.717) is 14.0 Å². The molecule has 0 heterocycles. The number of carbonyl (C=O) groups excluding carboxylic acids is 3. The number of esters is 3. The number of hydrogen-bond acceptors (Lipinski definition) is 12. The first-order valence-corrected chi connectivity index (χ1v) is 15.0. The van der Waals surface area contributed by atoms with Gasteiger partial charge < -0.3 is 28.8 Å². The second-order valence-corrected chi connectivity index (χ2v) is 12.3. The number of ether oxygens (including phenoxy) is 5. The summed E-state index contributed by atoms with van der Waals surface area (Å²) in [6.07, 6.45) is -20.2. The van der Waals surface area contributed by atoms with E-state index in [1.165, 1.54) is 0 Å². The first-order valence-electron chi connectivity index (χ1n) is 13.5. The zero-order valence-corrected chi connectivity index (χ0v) is 27.1. The summed E-state index contributed by atoms with van der Waals surface area (Å²) >= 11 is 0. The van der Waals surface area contributed by atoms with Crippen LogP contribution in [0.5, 0.6) is 0 Å². The van der Waals surface area contributed by atoms with Crippen molar-refractivity contribution in [3.05, 3.63) is 0 Å². The summed E-state index contributed by atoms with van der Waals surface area (Å²) in [6.45, 7) is -6.43. The molecule has 0 bridgehead atoms. The van der Waals surface area contributed by atoms with Crippen LogP contribution in [0.2, 0.25) is 0 Å². The average Bonchev–Trinajstić information content (AvgIpc) is 2.94. The number of carbonyl (C=O) groups is 3. The Morgan fingerprint density at radius 2 is 1.00 bits per heavy atom. The van der Waals surface area contributed by atoms with Gasteiger partial charge in [0.05, 0.1) is 39.3 Å². The van der Waals surface area contributed by atoms with Gasteiger partial charge in [-0.25, -0.2) is 0 Å². The van der Waals surface area contributed by atoms with Crippen LogP contribution in [0.3, 0.4) is 0 Å². The van der Waals surface area contributed by atoms with Crippen LogP contribution >= 0.6 is 0 Å². The van der Waals surface area contributed by atoms with E-state index >= 15 is 0 Å². The highest BCUT2D eigenvalue weighted by Crippen LogP contribution is 2.47. The van der Waals surface area contributed by atoms with Gasteiger partial charge in [-0.1, -0.05) is 0 Å². The van der Waals surface area contributed by atoms with Crippen LogP contribution in [0, 0.1) is 5.92 Å². The molecule has 0 rings (SSSR count). The number of rotatable bonds is 21. The van der Waals surface area contributed by atoms with Crippen molar-refractivity contribution in [2.24, 2.45) is 5.92 Å². The van der Waals surface area contributed by atoms with Gasteiger partial charge >= 0.3 is 54.0 Å². The molecule has 5 unspecified atom stereocenters. The van der Waals surface area contributed by atoms with Gasteiger partial charge in [-0.05, 0) is 20.8 Å². The van der Waals surface area contributed by atoms with Gasteiger partial charge in [0, 0.05) is 0 Å². The van der Waals surface area contributed by atoms with Crippen LogP contribution in [-0.4, -0.2) is 131 Å². The largest absolute Gasteiger partial charge is 0.460 e. The lowest BCUT2D eigenvalue weighted by Gasteiger charge is -2.29. The Labute approximate surface area is 278 Å². The van der Waals surface area contributed by atoms with Crippen LogP contribution in [0.4, 0.5) is 61.5 Å². The van der Waals surface area contributed by atoms with Crippen molar-refractivity contribution >= 4 is 28.0 Å². The first-order chi connectivity index (χ1) is 22.7. The number of hydrogen-bond donors (Lipinski definition) is 1. The molecule has 0 aliphatic rings. The highest BCUT2D eigenvalue weighted by atomic mass is 32.2. The fourth-order valence-electron chi connectivity index (χ4n) is 3.31. The zero-order valence-electron chi connectivity index (χ0n) is 26.3. The topological polar surface area (TPSA) is 161 Å². The highest BCUT2D eigenvalue weighted by molar-refractivity contribution is 7.88. The van der Waals surface area contributed by atoms with Crippen molar-refractivity contribution in [2.45, 2.75) is 86.8 Å². The van der Waals surface area contributed by atoms with Gasteiger partial charge in [0.2, 0.25) is 0 Å². The van der Waals surface area contributed by atoms with E-state index in [0.717, 1.165) is 13.8 Å². The van der Waals surface area contributed by atoms with Gasteiger partial charge in [0.15, 0.2) is 5.25 Å². The molecular weight excluding hydrogens is 778 g/mol. The van der Waals surface area contributed by atoms with Crippen molar-refractivity contribution in [1.82, 2.24) is 0 Å². The molecule has 12 nitrogen and oxygen atoms in total. The highest BCUT2D eigenvalue weighted by Gasteiger charge is 2.74. The molecule has 5 atom stereocenters. The third kappa shape index (κ3) is 13.0. The van der Waals surface area contributed by atoms with Gasteiger partial charge in [-0.3, -0.25) is 18.6 Å². The molecule has 0 radical (unpaired) electrons. The predicted octanol–water partition coefficient (Wildman–Crippen LogP) is 3.82. The molecule has 0 spiro atoms. The molecule has 0 aliphatic heterocycles. The minimum Gasteiger partial charge on any atom is -0.460 e. The maximum Gasteiger partial charge on any atom is 0.459 e. The minimum atomic E-state index is -6.73. The molecular formula is C24H30F14O12S. The molecule has 1 N–H and O–H groups in total. The summed E-state index contributed by atoms with van der Waals surface area (Å²) < 4.78 is 232. The van der Waals surface area contributed by atoms with Crippen molar-refractivity contribution in [3.63, 3.8) is 0 Å². The summed E-state index contributed by atoms with van der Waals surface area (Å²) in [5.41, 5.74) is 0. The Hall–Kier alpha value is -2.78. The molecule has 0 saturated heterocycles. The first kappa shape index (κ1) is 48.2. The van der Waals surface area contributed by atoms with E-state index in [1.807, 2.05) is 0 Å². The summed E-state index contributed by atoms with van der Waals surface area (Å²) in [4.78, 5) is 38.3. The average molecular weight is 809 g/mol. The molecule has 302 valence electrons. The third-order valence-electron chi connectivity index (χ3n) is 5.96. The van der Waals surface area contributed by atoms with E-state index in [2.05, 4.69) is 27.9 Å². The van der Waals surface area contributed by atoms with Gasteiger partial charge in [-0.15, -0.1) is 0 Å². The maximum atomic E-state index is 13.5. The lowest BCUT2D eigenvalue weighted by molar-refractivity contribution is -0.361. The molecule has 0 aromatic carbocycles. The molecule has 0 aliphatic carbocycles. The lowest BCUT2D eigenvalue weighted by atomic mass is 10.0. The Kier molecular flexibility index (Phi) is 16.9. The monoisotopic (exact) mass is 808 g/mol. The van der Waals surface area contributed by atoms with Crippen LogP contribution < -0.4 is 0 Å². The molecule has 0 aromatic heterocycles. The molecule has 0 aromatic rings. The number of alkyl halides is 14. The minimum absolute atomic E-state index is 0.382. The Morgan fingerprint density at radius 1 is 0.627 bits per heavy atom. The summed E-state index contributed by atoms with van der Waals surface area (Å²) in [6, 6.07) is 0. The maximum absolute atomic E-state index is 13.5. The van der Waals surface area contributed by atoms with Crippen LogP contribution in [0.1, 0.15) is 27.2 Å². The van der Waals surface area contributed by atoms with Crippen LogP contribution in [-0.2, 0) is 52.4 Å². The standard InChI is InChI=1S/C24H30F14O12S/c1-11(6-39)48-15(40)5-14(17(41)49-12(2)7-46-9-19(25,26)21(29,30)23(33,34)35)16(51(43,44)45-4)18(42)50-13(3)8-47-10-20(27,28)22(31,32)24(36,37)38/h11-14,16,39H,5-10H2,1-4H3. The van der Waals surface area contributed by atoms with E-state index in [1.54, 1.807) is 0 Å². The van der Waals surface area contributed by atoms with Gasteiger partial charge in [-0.2, -0.15) is 69.9 Å². The van der Waals surface area contributed by atoms with E-state index < -0.39 is 133 Å². The number of aliphatic hydroxyl groups excluding tert-OH is 1. The smallest absolute Gasteiger partial charge is 0.459 e. The fraction of sp³-hybridized carbons (Fsp3) is 0.875. The van der Waals surface area contributed by atoms with E-state index in [4.69, 9.17) is 5.11 Å².